The Balaban J connectivity index is 0.00000324. The maximum absolute atomic E-state index is 9.66. The Morgan fingerprint density at radius 2 is 1.68 bits per heavy atom. The lowest BCUT2D eigenvalue weighted by molar-refractivity contribution is 0.0792. The molecule has 182 valence electrons. The molecule has 0 amide bonds. The molecule has 2 heterocycles. The van der Waals surface area contributed by atoms with Crippen molar-refractivity contribution in [1.82, 2.24) is 20.5 Å². The van der Waals surface area contributed by atoms with E-state index >= 15 is 0 Å². The van der Waals surface area contributed by atoms with Gasteiger partial charge < -0.3 is 20.2 Å². The van der Waals surface area contributed by atoms with Gasteiger partial charge in [0, 0.05) is 38.8 Å². The Hall–Kier alpha value is -2.43. The lowest BCUT2D eigenvalue weighted by Gasteiger charge is -2.29. The van der Waals surface area contributed by atoms with Crippen LogP contribution >= 0.6 is 24.0 Å². The number of halogens is 1. The maximum Gasteiger partial charge on any atom is 0.226 e. The molecule has 3 N–H and O–H groups in total. The average molecular weight is 575 g/mol. The van der Waals surface area contributed by atoms with Gasteiger partial charge in [-0.3, -0.25) is 9.89 Å². The van der Waals surface area contributed by atoms with Crippen LogP contribution in [0.4, 0.5) is 0 Å². The minimum absolute atomic E-state index is 0. The number of aliphatic imine (C=N–C) groups is 1. The summed E-state index contributed by atoms with van der Waals surface area (Å²) in [7, 11) is 1.76. The van der Waals surface area contributed by atoms with Crippen LogP contribution in [-0.4, -0.2) is 47.2 Å². The van der Waals surface area contributed by atoms with E-state index in [0.29, 0.717) is 24.9 Å². The molecular formula is C26H34IN5O2. The molecule has 0 radical (unpaired) electrons. The predicted molar refractivity (Wildman–Crippen MR) is 146 cm³/mol. The number of aliphatic hydroxyl groups is 1. The summed E-state index contributed by atoms with van der Waals surface area (Å²) in [4.78, 5) is 11.3. The highest BCUT2D eigenvalue weighted by Gasteiger charge is 2.16. The molecule has 7 nitrogen and oxygen atoms in total. The highest BCUT2D eigenvalue weighted by Crippen LogP contribution is 2.19. The third-order valence-corrected chi connectivity index (χ3v) is 5.96. The molecule has 1 aromatic heterocycles. The zero-order valence-corrected chi connectivity index (χ0v) is 22.2. The summed E-state index contributed by atoms with van der Waals surface area (Å²) in [6.45, 7) is 6.13. The minimum Gasteiger partial charge on any atom is -0.444 e. The lowest BCUT2D eigenvalue weighted by Crippen LogP contribution is -2.36. The first-order valence-electron chi connectivity index (χ1n) is 11.5. The molecule has 1 fully saturated rings. The summed E-state index contributed by atoms with van der Waals surface area (Å²) in [5, 5.41) is 16.3. The van der Waals surface area contributed by atoms with E-state index in [2.05, 4.69) is 68.8 Å². The van der Waals surface area contributed by atoms with E-state index in [0.717, 1.165) is 43.7 Å². The third-order valence-electron chi connectivity index (χ3n) is 5.96. The van der Waals surface area contributed by atoms with Crippen molar-refractivity contribution in [3.8, 4) is 11.5 Å². The quantitative estimate of drug-likeness (QED) is 0.224. The van der Waals surface area contributed by atoms with Crippen molar-refractivity contribution in [3.63, 3.8) is 0 Å². The lowest BCUT2D eigenvalue weighted by atomic mass is 10.1. The van der Waals surface area contributed by atoms with Crippen LogP contribution in [0.2, 0.25) is 0 Å². The number of benzene rings is 2. The van der Waals surface area contributed by atoms with Crippen LogP contribution < -0.4 is 10.6 Å². The smallest absolute Gasteiger partial charge is 0.226 e. The topological polar surface area (TPSA) is 85.9 Å². The number of nitrogens with zero attached hydrogens (tertiary/aromatic N) is 3. The van der Waals surface area contributed by atoms with E-state index in [-0.39, 0.29) is 30.1 Å². The van der Waals surface area contributed by atoms with E-state index in [1.807, 2.05) is 12.1 Å². The second-order valence-electron chi connectivity index (χ2n) is 8.61. The molecule has 0 unspecified atom stereocenters. The highest BCUT2D eigenvalue weighted by molar-refractivity contribution is 14.0. The fourth-order valence-electron chi connectivity index (χ4n) is 3.90. The zero-order valence-electron chi connectivity index (χ0n) is 19.8. The van der Waals surface area contributed by atoms with Crippen molar-refractivity contribution < 1.29 is 9.52 Å². The molecule has 0 spiro atoms. The van der Waals surface area contributed by atoms with E-state index in [1.165, 1.54) is 16.7 Å². The van der Waals surface area contributed by atoms with Gasteiger partial charge in [-0.25, -0.2) is 4.98 Å². The Morgan fingerprint density at radius 1 is 1.03 bits per heavy atom. The van der Waals surface area contributed by atoms with Gasteiger partial charge in [-0.2, -0.15) is 0 Å². The molecule has 0 aliphatic carbocycles. The molecule has 0 saturated carbocycles. The number of aromatic nitrogens is 1. The zero-order chi connectivity index (χ0) is 23.0. The average Bonchev–Trinajstić information content (AvgIpc) is 3.31. The van der Waals surface area contributed by atoms with Gasteiger partial charge in [0.05, 0.1) is 18.3 Å². The first kappa shape index (κ1) is 26.2. The molecule has 1 saturated heterocycles. The summed E-state index contributed by atoms with van der Waals surface area (Å²) in [5.41, 5.74) is 5.49. The summed E-state index contributed by atoms with van der Waals surface area (Å²) in [5.74, 6) is 1.33. The fourth-order valence-corrected chi connectivity index (χ4v) is 3.90. The first-order valence-corrected chi connectivity index (χ1v) is 11.5. The van der Waals surface area contributed by atoms with Gasteiger partial charge in [-0.1, -0.05) is 42.0 Å². The fraction of sp³-hybridized carbons (Fsp3) is 0.385. The van der Waals surface area contributed by atoms with Crippen molar-refractivity contribution in [2.45, 2.75) is 45.5 Å². The van der Waals surface area contributed by atoms with Gasteiger partial charge in [0.25, 0.3) is 0 Å². The van der Waals surface area contributed by atoms with Crippen LogP contribution in [0.3, 0.4) is 0 Å². The Kier molecular flexibility index (Phi) is 9.91. The Bertz CT molecular complexity index is 1040. The minimum atomic E-state index is -0.128. The third kappa shape index (κ3) is 7.54. The molecule has 2 aromatic carbocycles. The maximum atomic E-state index is 9.66. The summed E-state index contributed by atoms with van der Waals surface area (Å²) in [6.07, 6.45) is 3.29. The molecule has 0 bridgehead atoms. The van der Waals surface area contributed by atoms with Crippen LogP contribution in [0, 0.1) is 6.92 Å². The van der Waals surface area contributed by atoms with E-state index in [4.69, 9.17) is 4.42 Å². The number of piperidine rings is 1. The van der Waals surface area contributed by atoms with Crippen LogP contribution in [0.15, 0.2) is 64.2 Å². The molecule has 1 aliphatic rings. The van der Waals surface area contributed by atoms with Gasteiger partial charge in [-0.05, 0) is 43.0 Å². The second-order valence-corrected chi connectivity index (χ2v) is 8.61. The Labute approximate surface area is 218 Å². The summed E-state index contributed by atoms with van der Waals surface area (Å²) in [6, 6.07) is 16.8. The SMILES string of the molecule is CN=C(NCc1ccc(CN2CCC(O)CC2)cc1)NCc1coc(-c2ccc(C)cc2)n1.I. The van der Waals surface area contributed by atoms with Crippen molar-refractivity contribution >= 4 is 29.9 Å². The monoisotopic (exact) mass is 575 g/mol. The van der Waals surface area contributed by atoms with E-state index < -0.39 is 0 Å². The summed E-state index contributed by atoms with van der Waals surface area (Å²) < 4.78 is 5.63. The standard InChI is InChI=1S/C26H33N5O2.HI/c1-19-3-9-22(10-4-19)25-30-23(18-33-25)16-29-26(27-2)28-15-20-5-7-21(8-6-20)17-31-13-11-24(32)12-14-31;/h3-10,18,24,32H,11-17H2,1-2H3,(H2,27,28,29);1H. The van der Waals surface area contributed by atoms with Gasteiger partial charge in [0.15, 0.2) is 5.96 Å². The predicted octanol–water partition coefficient (Wildman–Crippen LogP) is 4.09. The number of nitrogens with one attached hydrogen (secondary N) is 2. The van der Waals surface area contributed by atoms with Crippen LogP contribution in [0.1, 0.15) is 35.2 Å². The largest absolute Gasteiger partial charge is 0.444 e. The van der Waals surface area contributed by atoms with Gasteiger partial charge in [0.2, 0.25) is 5.89 Å². The Morgan fingerprint density at radius 3 is 2.35 bits per heavy atom. The first-order chi connectivity index (χ1) is 16.1. The second kappa shape index (κ2) is 12.9. The number of aryl methyl sites for hydroxylation is 1. The van der Waals surface area contributed by atoms with Crippen molar-refractivity contribution in [2.75, 3.05) is 20.1 Å². The number of likely N-dealkylation sites (tertiary alicyclic amines) is 1. The molecular weight excluding hydrogens is 541 g/mol. The highest BCUT2D eigenvalue weighted by atomic mass is 127. The van der Waals surface area contributed by atoms with E-state index in [9.17, 15) is 5.11 Å². The van der Waals surface area contributed by atoms with Gasteiger partial charge in [-0.15, -0.1) is 24.0 Å². The molecule has 8 heteroatoms. The number of rotatable bonds is 7. The van der Waals surface area contributed by atoms with Crippen molar-refractivity contribution in [3.05, 3.63) is 77.2 Å². The van der Waals surface area contributed by atoms with Gasteiger partial charge >= 0.3 is 0 Å². The van der Waals surface area contributed by atoms with Crippen LogP contribution in [-0.2, 0) is 19.6 Å². The number of aliphatic hydroxyl groups excluding tert-OH is 1. The van der Waals surface area contributed by atoms with E-state index in [1.54, 1.807) is 13.3 Å². The molecule has 34 heavy (non-hydrogen) atoms. The molecule has 3 aromatic rings. The van der Waals surface area contributed by atoms with Crippen molar-refractivity contribution in [2.24, 2.45) is 4.99 Å². The summed E-state index contributed by atoms with van der Waals surface area (Å²) >= 11 is 0. The van der Waals surface area contributed by atoms with Crippen LogP contribution in [0.25, 0.3) is 11.5 Å². The molecule has 4 rings (SSSR count). The van der Waals surface area contributed by atoms with Crippen molar-refractivity contribution in [1.29, 1.82) is 0 Å². The van der Waals surface area contributed by atoms with Crippen LogP contribution in [0.5, 0.6) is 0 Å². The molecule has 0 atom stereocenters. The molecule has 1 aliphatic heterocycles. The number of hydrogen-bond acceptors (Lipinski definition) is 5. The normalized spacial score (nSPS) is 15.1. The number of oxazole rings is 1. The number of guanidine groups is 1. The number of hydrogen-bond donors (Lipinski definition) is 3. The van der Waals surface area contributed by atoms with Gasteiger partial charge in [0.1, 0.15) is 6.26 Å².